The van der Waals surface area contributed by atoms with Gasteiger partial charge in [-0.2, -0.15) is 0 Å². The van der Waals surface area contributed by atoms with E-state index in [-0.39, 0.29) is 11.0 Å². The number of Topliss-reactive ketones (excluding diaryl/α,β-unsaturated/α-hetero) is 1. The van der Waals surface area contributed by atoms with Crippen molar-refractivity contribution in [2.24, 2.45) is 0 Å². The van der Waals surface area contributed by atoms with E-state index in [0.717, 1.165) is 16.7 Å². The fraction of sp³-hybridized carbons (Fsp3) is 0.211. The molecule has 24 heavy (non-hydrogen) atoms. The summed E-state index contributed by atoms with van der Waals surface area (Å²) in [5.74, 6) is 0.804. The van der Waals surface area contributed by atoms with Crippen LogP contribution in [0.25, 0.3) is 11.4 Å². The monoisotopic (exact) mass is 337 g/mol. The molecule has 0 amide bonds. The van der Waals surface area contributed by atoms with E-state index in [4.69, 9.17) is 0 Å². The summed E-state index contributed by atoms with van der Waals surface area (Å²) in [4.78, 5) is 17.1. The smallest absolute Gasteiger partial charge is 0.209 e. The molecular formula is C19H19N3OS. The van der Waals surface area contributed by atoms with E-state index < -0.39 is 0 Å². The van der Waals surface area contributed by atoms with Crippen LogP contribution in [0.5, 0.6) is 0 Å². The summed E-state index contributed by atoms with van der Waals surface area (Å²) in [6.07, 6.45) is 0. The van der Waals surface area contributed by atoms with Crippen molar-refractivity contribution in [1.82, 2.24) is 15.2 Å². The zero-order chi connectivity index (χ0) is 17.1. The Hall–Kier alpha value is -2.40. The number of carbonyl (C=O) groups excluding carboxylic acids is 1. The third-order valence-corrected chi connectivity index (χ3v) is 4.92. The number of nitrogens with one attached hydrogen (secondary N) is 1. The first-order chi connectivity index (χ1) is 11.5. The fourth-order valence-electron chi connectivity index (χ4n) is 2.37. The SMILES string of the molecule is Cc1ccc(C(=O)[C@H](C)Sc2n[nH]c(-c3ccccc3)n2)cc1C. The minimum absolute atomic E-state index is 0.0918. The molecule has 0 fully saturated rings. The minimum Gasteiger partial charge on any atom is -0.293 e. The maximum absolute atomic E-state index is 12.6. The summed E-state index contributed by atoms with van der Waals surface area (Å²) >= 11 is 1.37. The molecule has 0 saturated heterocycles. The Balaban J connectivity index is 1.72. The molecule has 1 atom stereocenters. The predicted molar refractivity (Wildman–Crippen MR) is 97.4 cm³/mol. The summed E-state index contributed by atoms with van der Waals surface area (Å²) in [7, 11) is 0. The minimum atomic E-state index is -0.244. The highest BCUT2D eigenvalue weighted by molar-refractivity contribution is 8.00. The Morgan fingerprint density at radius 2 is 1.83 bits per heavy atom. The lowest BCUT2D eigenvalue weighted by molar-refractivity contribution is 0.0994. The quantitative estimate of drug-likeness (QED) is 0.552. The molecule has 0 radical (unpaired) electrons. The molecule has 5 heteroatoms. The number of H-pyrrole nitrogens is 1. The number of hydrogen-bond donors (Lipinski definition) is 1. The van der Waals surface area contributed by atoms with E-state index in [1.165, 1.54) is 17.3 Å². The highest BCUT2D eigenvalue weighted by Gasteiger charge is 2.19. The van der Waals surface area contributed by atoms with Gasteiger partial charge in [-0.3, -0.25) is 9.89 Å². The Morgan fingerprint density at radius 3 is 2.54 bits per heavy atom. The second kappa shape index (κ2) is 7.01. The number of rotatable bonds is 5. The van der Waals surface area contributed by atoms with Gasteiger partial charge >= 0.3 is 0 Å². The molecule has 3 rings (SSSR count). The molecule has 0 bridgehead atoms. The first-order valence-electron chi connectivity index (χ1n) is 7.80. The van der Waals surface area contributed by atoms with Crippen molar-refractivity contribution in [3.8, 4) is 11.4 Å². The van der Waals surface area contributed by atoms with E-state index >= 15 is 0 Å². The third-order valence-electron chi connectivity index (χ3n) is 3.95. The van der Waals surface area contributed by atoms with Crippen molar-refractivity contribution in [2.45, 2.75) is 31.2 Å². The molecule has 4 nitrogen and oxygen atoms in total. The first-order valence-corrected chi connectivity index (χ1v) is 8.68. The highest BCUT2D eigenvalue weighted by atomic mass is 32.2. The average molecular weight is 337 g/mol. The van der Waals surface area contributed by atoms with Gasteiger partial charge < -0.3 is 0 Å². The molecule has 0 aliphatic carbocycles. The van der Waals surface area contributed by atoms with Gasteiger partial charge in [0.25, 0.3) is 0 Å². The highest BCUT2D eigenvalue weighted by Crippen LogP contribution is 2.25. The lowest BCUT2D eigenvalue weighted by atomic mass is 10.0. The van der Waals surface area contributed by atoms with Gasteiger partial charge in [0.15, 0.2) is 11.6 Å². The number of aromatic amines is 1. The number of aryl methyl sites for hydroxylation is 2. The number of hydrogen-bond acceptors (Lipinski definition) is 4. The number of ketones is 1. The molecule has 0 aliphatic rings. The van der Waals surface area contributed by atoms with E-state index in [0.29, 0.717) is 11.0 Å². The molecule has 0 unspecified atom stereocenters. The molecule has 1 N–H and O–H groups in total. The van der Waals surface area contributed by atoms with Gasteiger partial charge in [-0.05, 0) is 38.0 Å². The lowest BCUT2D eigenvalue weighted by Gasteiger charge is -2.09. The molecule has 3 aromatic rings. The van der Waals surface area contributed by atoms with Gasteiger partial charge in [-0.1, -0.05) is 54.2 Å². The molecule has 0 spiro atoms. The van der Waals surface area contributed by atoms with E-state index in [9.17, 15) is 4.79 Å². The maximum atomic E-state index is 12.6. The Morgan fingerprint density at radius 1 is 1.08 bits per heavy atom. The largest absolute Gasteiger partial charge is 0.293 e. The second-order valence-corrected chi connectivity index (χ2v) is 7.06. The van der Waals surface area contributed by atoms with Crippen molar-refractivity contribution in [2.75, 3.05) is 0 Å². The second-order valence-electron chi connectivity index (χ2n) is 5.76. The fourth-order valence-corrected chi connectivity index (χ4v) is 3.17. The molecule has 1 aromatic heterocycles. The van der Waals surface area contributed by atoms with Gasteiger partial charge in [-0.15, -0.1) is 5.10 Å². The summed E-state index contributed by atoms with van der Waals surface area (Å²) < 4.78 is 0. The zero-order valence-electron chi connectivity index (χ0n) is 13.9. The Bertz CT molecular complexity index is 858. The summed E-state index contributed by atoms with van der Waals surface area (Å²) in [5.41, 5.74) is 4.03. The van der Waals surface area contributed by atoms with Crippen LogP contribution in [0.3, 0.4) is 0 Å². The average Bonchev–Trinajstić information content (AvgIpc) is 3.06. The first kappa shape index (κ1) is 16.5. The van der Waals surface area contributed by atoms with E-state index in [1.54, 1.807) is 0 Å². The third kappa shape index (κ3) is 3.57. The Kier molecular flexibility index (Phi) is 4.81. The van der Waals surface area contributed by atoms with Crippen molar-refractivity contribution in [3.63, 3.8) is 0 Å². The van der Waals surface area contributed by atoms with Crippen LogP contribution in [-0.4, -0.2) is 26.2 Å². The number of nitrogens with zero attached hydrogens (tertiary/aromatic N) is 2. The van der Waals surface area contributed by atoms with Crippen molar-refractivity contribution >= 4 is 17.5 Å². The number of thioether (sulfide) groups is 1. The Labute approximate surface area is 145 Å². The maximum Gasteiger partial charge on any atom is 0.209 e. The normalized spacial score (nSPS) is 12.1. The summed E-state index contributed by atoms with van der Waals surface area (Å²) in [6, 6.07) is 15.6. The van der Waals surface area contributed by atoms with Gasteiger partial charge in [0.05, 0.1) is 5.25 Å². The van der Waals surface area contributed by atoms with Crippen LogP contribution in [0, 0.1) is 13.8 Å². The van der Waals surface area contributed by atoms with Crippen LogP contribution in [0.2, 0.25) is 0 Å². The van der Waals surface area contributed by atoms with E-state index in [1.807, 2.05) is 69.3 Å². The van der Waals surface area contributed by atoms with Crippen LogP contribution in [0.4, 0.5) is 0 Å². The van der Waals surface area contributed by atoms with Crippen LogP contribution < -0.4 is 0 Å². The van der Waals surface area contributed by atoms with Crippen LogP contribution in [0.15, 0.2) is 53.7 Å². The van der Waals surface area contributed by atoms with Gasteiger partial charge in [-0.25, -0.2) is 4.98 Å². The number of carbonyl (C=O) groups is 1. The van der Waals surface area contributed by atoms with Crippen molar-refractivity contribution < 1.29 is 4.79 Å². The molecule has 0 aliphatic heterocycles. The topological polar surface area (TPSA) is 58.6 Å². The summed E-state index contributed by atoms with van der Waals surface area (Å²) in [5, 5.41) is 7.48. The standard InChI is InChI=1S/C19H19N3OS/c1-12-9-10-16(11-13(12)2)17(23)14(3)24-19-20-18(21-22-19)15-7-5-4-6-8-15/h4-11,14H,1-3H3,(H,20,21,22)/t14-/m0/s1. The van der Waals surface area contributed by atoms with Crippen LogP contribution >= 0.6 is 11.8 Å². The molecule has 1 heterocycles. The van der Waals surface area contributed by atoms with Crippen molar-refractivity contribution in [1.29, 1.82) is 0 Å². The molecular weight excluding hydrogens is 318 g/mol. The van der Waals surface area contributed by atoms with Gasteiger partial charge in [0.1, 0.15) is 0 Å². The predicted octanol–water partition coefficient (Wildman–Crippen LogP) is 4.45. The molecule has 2 aromatic carbocycles. The van der Waals surface area contributed by atoms with Gasteiger partial charge in [0.2, 0.25) is 5.16 Å². The van der Waals surface area contributed by atoms with Crippen LogP contribution in [0.1, 0.15) is 28.4 Å². The number of aromatic nitrogens is 3. The van der Waals surface area contributed by atoms with Crippen molar-refractivity contribution in [3.05, 3.63) is 65.2 Å². The van der Waals surface area contributed by atoms with Crippen LogP contribution in [-0.2, 0) is 0 Å². The number of benzene rings is 2. The summed E-state index contributed by atoms with van der Waals surface area (Å²) in [6.45, 7) is 5.95. The van der Waals surface area contributed by atoms with Gasteiger partial charge in [0, 0.05) is 11.1 Å². The molecule has 122 valence electrons. The lowest BCUT2D eigenvalue weighted by Crippen LogP contribution is -2.14. The van der Waals surface area contributed by atoms with E-state index in [2.05, 4.69) is 15.2 Å². The molecule has 0 saturated carbocycles. The zero-order valence-corrected chi connectivity index (χ0v) is 14.7.